The summed E-state index contributed by atoms with van der Waals surface area (Å²) in [6, 6.07) is 16.1. The van der Waals surface area contributed by atoms with Crippen LogP contribution in [0.5, 0.6) is 0 Å². The molecule has 5 nitrogen and oxygen atoms in total. The molecule has 0 aliphatic heterocycles. The van der Waals surface area contributed by atoms with Crippen LogP contribution in [0.25, 0.3) is 11.3 Å². The van der Waals surface area contributed by atoms with E-state index in [4.69, 9.17) is 4.98 Å². The SMILES string of the molecule is CCn1c(SCC(=O)Nc2ccc(C)cc2)nc2c(c1=O)C1(CCCCC1)Cc1ccccc1-2. The number of anilines is 1. The lowest BCUT2D eigenvalue weighted by atomic mass is 9.62. The number of nitrogens with zero attached hydrogens (tertiary/aromatic N) is 2. The van der Waals surface area contributed by atoms with Crippen LogP contribution in [-0.2, 0) is 23.2 Å². The number of carbonyl (C=O) groups is 1. The van der Waals surface area contributed by atoms with Gasteiger partial charge in [0.15, 0.2) is 5.16 Å². The Balaban J connectivity index is 1.50. The fourth-order valence-corrected chi connectivity index (χ4v) is 6.43. The van der Waals surface area contributed by atoms with Gasteiger partial charge in [-0.1, -0.05) is 73.0 Å². The Bertz CT molecular complexity index is 1270. The van der Waals surface area contributed by atoms with Crippen molar-refractivity contribution >= 4 is 23.4 Å². The van der Waals surface area contributed by atoms with Crippen LogP contribution in [0.1, 0.15) is 55.7 Å². The molecule has 6 heteroatoms. The molecule has 1 spiro atoms. The first-order valence-corrected chi connectivity index (χ1v) is 13.2. The number of nitrogens with one attached hydrogen (secondary N) is 1. The molecule has 0 atom stereocenters. The number of amides is 1. The molecule has 0 unspecified atom stereocenters. The van der Waals surface area contributed by atoms with Crippen molar-refractivity contribution in [2.24, 2.45) is 0 Å². The van der Waals surface area contributed by atoms with Gasteiger partial charge in [-0.3, -0.25) is 14.2 Å². The van der Waals surface area contributed by atoms with Gasteiger partial charge in [0.1, 0.15) is 0 Å². The Hall–Kier alpha value is -2.86. The number of thioether (sulfide) groups is 1. The standard InChI is InChI=1S/C28H31N3O2S/c1-3-31-26(33)24-25(22-10-6-5-9-20(22)17-28(24)15-7-4-8-16-28)30-27(31)34-18-23(32)29-21-13-11-19(2)12-14-21/h5-6,9-14H,3-4,7-8,15-18H2,1-2H3,(H,29,32). The number of hydrogen-bond acceptors (Lipinski definition) is 4. The monoisotopic (exact) mass is 473 g/mol. The van der Waals surface area contributed by atoms with E-state index in [9.17, 15) is 9.59 Å². The largest absolute Gasteiger partial charge is 0.325 e. The number of hydrogen-bond donors (Lipinski definition) is 1. The molecule has 1 aromatic heterocycles. The second-order valence-corrected chi connectivity index (χ2v) is 10.5. The molecule has 2 aliphatic carbocycles. The van der Waals surface area contributed by atoms with Gasteiger partial charge in [-0.15, -0.1) is 0 Å². The van der Waals surface area contributed by atoms with Gasteiger partial charge < -0.3 is 5.32 Å². The van der Waals surface area contributed by atoms with E-state index >= 15 is 0 Å². The summed E-state index contributed by atoms with van der Waals surface area (Å²) in [6.45, 7) is 4.54. The average Bonchev–Trinajstić information content (AvgIpc) is 2.84. The summed E-state index contributed by atoms with van der Waals surface area (Å²) in [4.78, 5) is 31.6. The molecule has 3 aromatic rings. The van der Waals surface area contributed by atoms with Crippen LogP contribution in [0.2, 0.25) is 0 Å². The first-order valence-electron chi connectivity index (χ1n) is 12.2. The fourth-order valence-electron chi connectivity index (χ4n) is 5.57. The van der Waals surface area contributed by atoms with Crippen molar-refractivity contribution in [2.45, 2.75) is 69.5 Å². The van der Waals surface area contributed by atoms with Crippen molar-refractivity contribution in [1.29, 1.82) is 0 Å². The summed E-state index contributed by atoms with van der Waals surface area (Å²) in [5.74, 6) is 0.0962. The van der Waals surface area contributed by atoms with Crippen molar-refractivity contribution in [1.82, 2.24) is 9.55 Å². The van der Waals surface area contributed by atoms with Crippen molar-refractivity contribution in [3.8, 4) is 11.3 Å². The molecule has 1 N–H and O–H groups in total. The zero-order chi connectivity index (χ0) is 23.7. The van der Waals surface area contributed by atoms with Gasteiger partial charge in [-0.2, -0.15) is 0 Å². The summed E-state index contributed by atoms with van der Waals surface area (Å²) in [7, 11) is 0. The Morgan fingerprint density at radius 1 is 1.09 bits per heavy atom. The molecular weight excluding hydrogens is 442 g/mol. The Morgan fingerprint density at radius 3 is 2.56 bits per heavy atom. The van der Waals surface area contributed by atoms with E-state index < -0.39 is 0 Å². The van der Waals surface area contributed by atoms with E-state index in [0.717, 1.165) is 60.2 Å². The highest BCUT2D eigenvalue weighted by Gasteiger charge is 2.43. The number of rotatable bonds is 5. The topological polar surface area (TPSA) is 64.0 Å². The number of aromatic nitrogens is 2. The minimum atomic E-state index is -0.116. The van der Waals surface area contributed by atoms with Gasteiger partial charge in [-0.05, 0) is 50.8 Å². The quantitative estimate of drug-likeness (QED) is 0.380. The molecule has 0 saturated heterocycles. The molecule has 1 saturated carbocycles. The summed E-state index contributed by atoms with van der Waals surface area (Å²) in [5, 5.41) is 3.56. The van der Waals surface area contributed by atoms with Crippen LogP contribution in [0, 0.1) is 6.92 Å². The van der Waals surface area contributed by atoms with E-state index in [0.29, 0.717) is 11.7 Å². The van der Waals surface area contributed by atoms with Gasteiger partial charge in [0.05, 0.1) is 17.0 Å². The molecule has 34 heavy (non-hydrogen) atoms. The van der Waals surface area contributed by atoms with E-state index in [2.05, 4.69) is 23.5 Å². The normalized spacial score (nSPS) is 16.1. The third-order valence-electron chi connectivity index (χ3n) is 7.26. The third-order valence-corrected chi connectivity index (χ3v) is 8.24. The minimum absolute atomic E-state index is 0.0744. The maximum absolute atomic E-state index is 13.9. The maximum atomic E-state index is 13.9. The Labute approximate surface area is 205 Å². The van der Waals surface area contributed by atoms with Crippen LogP contribution in [-0.4, -0.2) is 21.2 Å². The van der Waals surface area contributed by atoms with Crippen molar-refractivity contribution in [2.75, 3.05) is 11.1 Å². The fraction of sp³-hybridized carbons (Fsp3) is 0.393. The van der Waals surface area contributed by atoms with Crippen molar-refractivity contribution in [3.05, 3.63) is 75.6 Å². The van der Waals surface area contributed by atoms with E-state index in [1.54, 1.807) is 4.57 Å². The molecule has 0 radical (unpaired) electrons. The Morgan fingerprint density at radius 2 is 1.82 bits per heavy atom. The van der Waals surface area contributed by atoms with Crippen LogP contribution in [0.4, 0.5) is 5.69 Å². The van der Waals surface area contributed by atoms with E-state index in [-0.39, 0.29) is 22.6 Å². The molecule has 2 aliphatic rings. The summed E-state index contributed by atoms with van der Waals surface area (Å²) in [5.41, 5.74) is 5.97. The highest BCUT2D eigenvalue weighted by atomic mass is 32.2. The number of benzene rings is 2. The third kappa shape index (κ3) is 4.20. The van der Waals surface area contributed by atoms with Gasteiger partial charge in [0, 0.05) is 23.2 Å². The summed E-state index contributed by atoms with van der Waals surface area (Å²) in [6.07, 6.45) is 6.55. The predicted octanol–water partition coefficient (Wildman–Crippen LogP) is 5.73. The van der Waals surface area contributed by atoms with Crippen molar-refractivity contribution < 1.29 is 4.79 Å². The molecule has 1 amide bonds. The minimum Gasteiger partial charge on any atom is -0.325 e. The van der Waals surface area contributed by atoms with Gasteiger partial charge in [-0.25, -0.2) is 4.98 Å². The van der Waals surface area contributed by atoms with Crippen molar-refractivity contribution in [3.63, 3.8) is 0 Å². The smallest absolute Gasteiger partial charge is 0.258 e. The zero-order valence-electron chi connectivity index (χ0n) is 19.9. The molecule has 176 valence electrons. The lowest BCUT2D eigenvalue weighted by Gasteiger charge is -2.42. The molecule has 1 heterocycles. The highest BCUT2D eigenvalue weighted by molar-refractivity contribution is 7.99. The second-order valence-electron chi connectivity index (χ2n) is 9.55. The first-order chi connectivity index (χ1) is 16.5. The lowest BCUT2D eigenvalue weighted by molar-refractivity contribution is -0.113. The number of aryl methyl sites for hydroxylation is 1. The maximum Gasteiger partial charge on any atom is 0.258 e. The molecule has 1 fully saturated rings. The van der Waals surface area contributed by atoms with Gasteiger partial charge >= 0.3 is 0 Å². The lowest BCUT2D eigenvalue weighted by Crippen LogP contribution is -2.43. The summed E-state index contributed by atoms with van der Waals surface area (Å²) < 4.78 is 1.77. The number of carbonyl (C=O) groups excluding carboxylic acids is 1. The van der Waals surface area contributed by atoms with Crippen LogP contribution >= 0.6 is 11.8 Å². The van der Waals surface area contributed by atoms with Gasteiger partial charge in [0.25, 0.3) is 5.56 Å². The van der Waals surface area contributed by atoms with Gasteiger partial charge in [0.2, 0.25) is 5.91 Å². The Kier molecular flexibility index (Phi) is 6.34. The zero-order valence-corrected chi connectivity index (χ0v) is 20.7. The predicted molar refractivity (Wildman–Crippen MR) is 139 cm³/mol. The van der Waals surface area contributed by atoms with Crippen LogP contribution in [0.15, 0.2) is 58.5 Å². The average molecular weight is 474 g/mol. The second kappa shape index (κ2) is 9.41. The van der Waals surface area contributed by atoms with Crippen LogP contribution < -0.4 is 10.9 Å². The number of fused-ring (bicyclic) bond motifs is 4. The first kappa shape index (κ1) is 22.9. The highest BCUT2D eigenvalue weighted by Crippen LogP contribution is 2.48. The summed E-state index contributed by atoms with van der Waals surface area (Å²) >= 11 is 1.34. The van der Waals surface area contributed by atoms with E-state index in [1.807, 2.05) is 44.2 Å². The molecule has 5 rings (SSSR count). The molecule has 0 bridgehead atoms. The molecule has 2 aromatic carbocycles. The molecular formula is C28H31N3O2S. The van der Waals surface area contributed by atoms with Crippen LogP contribution in [0.3, 0.4) is 0 Å². The van der Waals surface area contributed by atoms with E-state index in [1.165, 1.54) is 23.7 Å².